The Labute approximate surface area is 169 Å². The van der Waals surface area contributed by atoms with Gasteiger partial charge in [0.1, 0.15) is 6.04 Å². The predicted octanol–water partition coefficient (Wildman–Crippen LogP) is 3.41. The molecule has 1 atom stereocenters. The van der Waals surface area contributed by atoms with Crippen LogP contribution in [0.25, 0.3) is 0 Å². The minimum Gasteiger partial charge on any atom is -0.305 e. The van der Waals surface area contributed by atoms with Crippen molar-refractivity contribution in [1.82, 2.24) is 20.1 Å². The van der Waals surface area contributed by atoms with Crippen LogP contribution in [0.2, 0.25) is 0 Å². The van der Waals surface area contributed by atoms with E-state index in [1.54, 1.807) is 17.9 Å². The molecule has 0 radical (unpaired) electrons. The number of aryl methyl sites for hydroxylation is 3. The van der Waals surface area contributed by atoms with Crippen LogP contribution in [-0.2, 0) is 18.3 Å². The lowest BCUT2D eigenvalue weighted by Gasteiger charge is -2.12. The average molecular weight is 406 g/mol. The van der Waals surface area contributed by atoms with Crippen LogP contribution in [0.1, 0.15) is 33.3 Å². The van der Waals surface area contributed by atoms with Crippen molar-refractivity contribution in [3.05, 3.63) is 63.9 Å². The first-order valence-electron chi connectivity index (χ1n) is 8.45. The normalized spacial score (nSPS) is 11.7. The SMILES string of the molecule is CNC(C(=O)Nc1nc(C)c(Cc2ccc(C)cc2)s1)c1cnn(C)c1.Cl. The number of hydrogen-bond donors (Lipinski definition) is 2. The van der Waals surface area contributed by atoms with Crippen molar-refractivity contribution < 1.29 is 4.79 Å². The molecule has 0 spiro atoms. The number of likely N-dealkylation sites (N-methyl/N-ethyl adjacent to an activating group) is 1. The Hall–Kier alpha value is -2.22. The van der Waals surface area contributed by atoms with Gasteiger partial charge < -0.3 is 10.6 Å². The number of thiazole rings is 1. The van der Waals surface area contributed by atoms with E-state index in [1.807, 2.05) is 20.2 Å². The molecular weight excluding hydrogens is 382 g/mol. The largest absolute Gasteiger partial charge is 0.305 e. The van der Waals surface area contributed by atoms with E-state index in [0.717, 1.165) is 22.6 Å². The molecule has 0 saturated carbocycles. The Kier molecular flexibility index (Phi) is 7.12. The molecule has 0 fully saturated rings. The first kappa shape index (κ1) is 21.1. The van der Waals surface area contributed by atoms with Crippen molar-refractivity contribution in [3.8, 4) is 0 Å². The second-order valence-electron chi connectivity index (χ2n) is 6.35. The van der Waals surface area contributed by atoms with Crippen LogP contribution < -0.4 is 10.6 Å². The molecule has 0 aliphatic heterocycles. The van der Waals surface area contributed by atoms with E-state index < -0.39 is 6.04 Å². The van der Waals surface area contributed by atoms with E-state index >= 15 is 0 Å². The van der Waals surface area contributed by atoms with Crippen LogP contribution in [0.4, 0.5) is 5.13 Å². The van der Waals surface area contributed by atoms with Gasteiger partial charge in [0.2, 0.25) is 5.91 Å². The highest BCUT2D eigenvalue weighted by atomic mass is 35.5. The summed E-state index contributed by atoms with van der Waals surface area (Å²) in [5.41, 5.74) is 4.26. The molecule has 1 amide bonds. The lowest BCUT2D eigenvalue weighted by Crippen LogP contribution is -2.30. The number of carbonyl (C=O) groups excluding carboxylic acids is 1. The molecule has 2 heterocycles. The second-order valence-corrected chi connectivity index (χ2v) is 7.43. The van der Waals surface area contributed by atoms with Crippen LogP contribution >= 0.6 is 23.7 Å². The van der Waals surface area contributed by atoms with Crippen LogP contribution in [0.3, 0.4) is 0 Å². The fourth-order valence-corrected chi connectivity index (χ4v) is 3.75. The summed E-state index contributed by atoms with van der Waals surface area (Å²) in [7, 11) is 3.59. The molecule has 0 bridgehead atoms. The fourth-order valence-electron chi connectivity index (χ4n) is 2.75. The average Bonchev–Trinajstić information content (AvgIpc) is 3.16. The molecule has 3 aromatic rings. The third kappa shape index (κ3) is 5.15. The van der Waals surface area contributed by atoms with E-state index in [9.17, 15) is 4.79 Å². The molecule has 3 rings (SSSR count). The van der Waals surface area contributed by atoms with Crippen LogP contribution in [0.15, 0.2) is 36.7 Å². The molecule has 0 saturated heterocycles. The lowest BCUT2D eigenvalue weighted by molar-refractivity contribution is -0.118. The Morgan fingerprint density at radius 3 is 2.56 bits per heavy atom. The molecule has 6 nitrogen and oxygen atoms in total. The summed E-state index contributed by atoms with van der Waals surface area (Å²) in [5, 5.41) is 10.7. The summed E-state index contributed by atoms with van der Waals surface area (Å²) >= 11 is 1.52. The Morgan fingerprint density at radius 1 is 1.26 bits per heavy atom. The summed E-state index contributed by atoms with van der Waals surface area (Å²) in [6.45, 7) is 4.06. The molecule has 27 heavy (non-hydrogen) atoms. The monoisotopic (exact) mass is 405 g/mol. The maximum atomic E-state index is 12.6. The summed E-state index contributed by atoms with van der Waals surface area (Å²) in [6.07, 6.45) is 4.34. The van der Waals surface area contributed by atoms with E-state index in [1.165, 1.54) is 22.5 Å². The zero-order valence-corrected chi connectivity index (χ0v) is 17.4. The first-order chi connectivity index (χ1) is 12.5. The number of benzene rings is 1. The van der Waals surface area contributed by atoms with Gasteiger partial charge in [0.15, 0.2) is 5.13 Å². The van der Waals surface area contributed by atoms with E-state index in [4.69, 9.17) is 0 Å². The maximum Gasteiger partial charge on any atom is 0.247 e. The van der Waals surface area contributed by atoms with Crippen molar-refractivity contribution >= 4 is 34.8 Å². The molecule has 0 aliphatic rings. The number of amides is 1. The molecule has 144 valence electrons. The Balaban J connectivity index is 0.00000261. The number of nitrogens with zero attached hydrogens (tertiary/aromatic N) is 3. The van der Waals surface area contributed by atoms with E-state index in [2.05, 4.69) is 51.9 Å². The lowest BCUT2D eigenvalue weighted by atomic mass is 10.1. The highest BCUT2D eigenvalue weighted by Crippen LogP contribution is 2.26. The first-order valence-corrected chi connectivity index (χ1v) is 9.26. The van der Waals surface area contributed by atoms with Crippen LogP contribution in [0.5, 0.6) is 0 Å². The van der Waals surface area contributed by atoms with Crippen molar-refractivity contribution in [2.45, 2.75) is 26.3 Å². The summed E-state index contributed by atoms with van der Waals surface area (Å²) in [5.74, 6) is -0.142. The number of anilines is 1. The second kappa shape index (κ2) is 9.12. The summed E-state index contributed by atoms with van der Waals surface area (Å²) in [6, 6.07) is 8.02. The van der Waals surface area contributed by atoms with Crippen molar-refractivity contribution in [2.24, 2.45) is 7.05 Å². The van der Waals surface area contributed by atoms with Gasteiger partial charge in [-0.1, -0.05) is 29.8 Å². The van der Waals surface area contributed by atoms with E-state index in [0.29, 0.717) is 5.13 Å². The molecular formula is C19H24ClN5OS. The van der Waals surface area contributed by atoms with Gasteiger partial charge in [0, 0.05) is 30.1 Å². The molecule has 2 aromatic heterocycles. The smallest absolute Gasteiger partial charge is 0.247 e. The number of carbonyl (C=O) groups is 1. The van der Waals surface area contributed by atoms with Crippen molar-refractivity contribution in [1.29, 1.82) is 0 Å². The zero-order valence-electron chi connectivity index (χ0n) is 15.8. The van der Waals surface area contributed by atoms with Gasteiger partial charge in [0.25, 0.3) is 0 Å². The summed E-state index contributed by atoms with van der Waals surface area (Å²) in [4.78, 5) is 18.3. The topological polar surface area (TPSA) is 71.8 Å². The molecule has 2 N–H and O–H groups in total. The third-order valence-corrected chi connectivity index (χ3v) is 5.29. The van der Waals surface area contributed by atoms with Crippen LogP contribution in [-0.4, -0.2) is 27.7 Å². The van der Waals surface area contributed by atoms with Gasteiger partial charge in [-0.25, -0.2) is 4.98 Å². The Morgan fingerprint density at radius 2 is 1.96 bits per heavy atom. The quantitative estimate of drug-likeness (QED) is 0.659. The van der Waals surface area contributed by atoms with Crippen LogP contribution in [0, 0.1) is 13.8 Å². The molecule has 1 unspecified atom stereocenters. The van der Waals surface area contributed by atoms with E-state index in [-0.39, 0.29) is 18.3 Å². The van der Waals surface area contributed by atoms with Gasteiger partial charge in [-0.2, -0.15) is 5.10 Å². The number of halogens is 1. The zero-order chi connectivity index (χ0) is 18.7. The third-order valence-electron chi connectivity index (χ3n) is 4.22. The fraction of sp³-hybridized carbons (Fsp3) is 0.316. The highest BCUT2D eigenvalue weighted by Gasteiger charge is 2.21. The molecule has 8 heteroatoms. The standard InChI is InChI=1S/C19H23N5OS.ClH/c1-12-5-7-14(8-6-12)9-16-13(2)22-19(26-16)23-18(25)17(20-3)15-10-21-24(4)11-15;/h5-8,10-11,17,20H,9H2,1-4H3,(H,22,23,25);1H. The van der Waals surface area contributed by atoms with Gasteiger partial charge in [-0.05, 0) is 26.5 Å². The molecule has 0 aliphatic carbocycles. The van der Waals surface area contributed by atoms with Crippen molar-refractivity contribution in [2.75, 3.05) is 12.4 Å². The Bertz CT molecular complexity index is 903. The van der Waals surface area contributed by atoms with Gasteiger partial charge in [-0.15, -0.1) is 23.7 Å². The maximum absolute atomic E-state index is 12.6. The van der Waals surface area contributed by atoms with Gasteiger partial charge in [0.05, 0.1) is 11.9 Å². The number of rotatable bonds is 6. The number of aromatic nitrogens is 3. The molecule has 1 aromatic carbocycles. The van der Waals surface area contributed by atoms with Gasteiger partial charge in [-0.3, -0.25) is 9.48 Å². The summed E-state index contributed by atoms with van der Waals surface area (Å²) < 4.78 is 1.68. The minimum atomic E-state index is -0.464. The highest BCUT2D eigenvalue weighted by molar-refractivity contribution is 7.15. The van der Waals surface area contributed by atoms with Gasteiger partial charge >= 0.3 is 0 Å². The minimum absolute atomic E-state index is 0. The van der Waals surface area contributed by atoms with Crippen molar-refractivity contribution in [3.63, 3.8) is 0 Å². The predicted molar refractivity (Wildman–Crippen MR) is 112 cm³/mol. The number of hydrogen-bond acceptors (Lipinski definition) is 5. The number of nitrogens with one attached hydrogen (secondary N) is 2.